The lowest BCUT2D eigenvalue weighted by Crippen LogP contribution is -2.05. The Balaban J connectivity index is 1.88. The van der Waals surface area contributed by atoms with Crippen LogP contribution >= 0.6 is 0 Å². The molecular weight excluding hydrogens is 300 g/mol. The van der Waals surface area contributed by atoms with Gasteiger partial charge in [-0.2, -0.15) is 0 Å². The lowest BCUT2D eigenvalue weighted by molar-refractivity contribution is 0.0600. The van der Waals surface area contributed by atoms with Gasteiger partial charge in [-0.05, 0) is 53.4 Å². The van der Waals surface area contributed by atoms with Gasteiger partial charge in [-0.15, -0.1) is 0 Å². The number of methoxy groups -OCH3 is 1. The zero-order valence-electron chi connectivity index (χ0n) is 14.1. The number of hydrogen-bond donors (Lipinski definition) is 0. The second-order valence-electron chi connectivity index (χ2n) is 5.86. The largest absolute Gasteiger partial charge is 0.488 e. The SMILES string of the molecule is COC(=O)c1cc(C)c(OCc2cccc3ccccc23)c(C)c1. The third-order valence-corrected chi connectivity index (χ3v) is 4.13. The number of carbonyl (C=O) groups excluding carboxylic acids is 1. The second-order valence-corrected chi connectivity index (χ2v) is 5.86. The van der Waals surface area contributed by atoms with Crippen molar-refractivity contribution in [2.24, 2.45) is 0 Å². The average Bonchev–Trinajstić information content (AvgIpc) is 2.60. The zero-order valence-corrected chi connectivity index (χ0v) is 14.1. The molecule has 122 valence electrons. The van der Waals surface area contributed by atoms with Crippen LogP contribution in [-0.2, 0) is 11.3 Å². The molecule has 0 bridgehead atoms. The van der Waals surface area contributed by atoms with E-state index in [2.05, 4.69) is 24.3 Å². The summed E-state index contributed by atoms with van der Waals surface area (Å²) < 4.78 is 10.9. The van der Waals surface area contributed by atoms with E-state index in [1.807, 2.05) is 32.0 Å². The number of fused-ring (bicyclic) bond motifs is 1. The van der Waals surface area contributed by atoms with E-state index in [1.165, 1.54) is 17.9 Å². The van der Waals surface area contributed by atoms with Crippen LogP contribution in [-0.4, -0.2) is 13.1 Å². The van der Waals surface area contributed by atoms with Crippen LogP contribution < -0.4 is 4.74 Å². The average molecular weight is 320 g/mol. The predicted molar refractivity (Wildman–Crippen MR) is 95.5 cm³/mol. The molecule has 0 aliphatic carbocycles. The van der Waals surface area contributed by atoms with Crippen LogP contribution in [0.3, 0.4) is 0 Å². The third-order valence-electron chi connectivity index (χ3n) is 4.13. The summed E-state index contributed by atoms with van der Waals surface area (Å²) in [4.78, 5) is 11.7. The van der Waals surface area contributed by atoms with Crippen LogP contribution in [0.2, 0.25) is 0 Å². The van der Waals surface area contributed by atoms with Crippen LogP contribution in [0.1, 0.15) is 27.0 Å². The summed E-state index contributed by atoms with van der Waals surface area (Å²) in [5.41, 5.74) is 3.54. The van der Waals surface area contributed by atoms with Gasteiger partial charge < -0.3 is 9.47 Å². The maximum Gasteiger partial charge on any atom is 0.337 e. The molecule has 0 atom stereocenters. The summed E-state index contributed by atoms with van der Waals surface area (Å²) in [5, 5.41) is 2.40. The highest BCUT2D eigenvalue weighted by Crippen LogP contribution is 2.27. The van der Waals surface area contributed by atoms with Crippen molar-refractivity contribution in [2.45, 2.75) is 20.5 Å². The minimum atomic E-state index is -0.332. The lowest BCUT2D eigenvalue weighted by Gasteiger charge is -2.14. The van der Waals surface area contributed by atoms with E-state index in [4.69, 9.17) is 9.47 Å². The van der Waals surface area contributed by atoms with Crippen molar-refractivity contribution < 1.29 is 14.3 Å². The first-order valence-electron chi connectivity index (χ1n) is 7.89. The Morgan fingerprint density at radius 3 is 2.33 bits per heavy atom. The Kier molecular flexibility index (Phi) is 4.52. The molecule has 0 saturated heterocycles. The lowest BCUT2D eigenvalue weighted by atomic mass is 10.0. The summed E-state index contributed by atoms with van der Waals surface area (Å²) in [6.45, 7) is 4.37. The first-order chi connectivity index (χ1) is 11.6. The van der Waals surface area contributed by atoms with Crippen molar-refractivity contribution >= 4 is 16.7 Å². The normalized spacial score (nSPS) is 10.6. The quantitative estimate of drug-likeness (QED) is 0.646. The van der Waals surface area contributed by atoms with Crippen LogP contribution in [0.15, 0.2) is 54.6 Å². The fourth-order valence-electron chi connectivity index (χ4n) is 2.98. The Morgan fingerprint density at radius 2 is 1.62 bits per heavy atom. The van der Waals surface area contributed by atoms with Gasteiger partial charge >= 0.3 is 5.97 Å². The summed E-state index contributed by atoms with van der Waals surface area (Å²) in [6, 6.07) is 18.1. The van der Waals surface area contributed by atoms with E-state index < -0.39 is 0 Å². The molecule has 0 spiro atoms. The molecule has 0 aliphatic rings. The van der Waals surface area contributed by atoms with Crippen molar-refractivity contribution in [1.29, 1.82) is 0 Å². The van der Waals surface area contributed by atoms with Gasteiger partial charge in [0.25, 0.3) is 0 Å². The molecule has 0 amide bonds. The number of benzene rings is 3. The van der Waals surface area contributed by atoms with Gasteiger partial charge in [-0.25, -0.2) is 4.79 Å². The molecule has 3 heteroatoms. The summed E-state index contributed by atoms with van der Waals surface area (Å²) in [5.74, 6) is 0.484. The zero-order chi connectivity index (χ0) is 17.1. The van der Waals surface area contributed by atoms with E-state index in [1.54, 1.807) is 12.1 Å². The minimum absolute atomic E-state index is 0.332. The molecule has 0 fully saturated rings. The van der Waals surface area contributed by atoms with E-state index in [-0.39, 0.29) is 5.97 Å². The van der Waals surface area contributed by atoms with Gasteiger partial charge in [0, 0.05) is 0 Å². The molecule has 0 heterocycles. The fraction of sp³-hybridized carbons (Fsp3) is 0.190. The van der Waals surface area contributed by atoms with Crippen molar-refractivity contribution in [3.05, 3.63) is 76.9 Å². The number of hydrogen-bond acceptors (Lipinski definition) is 3. The van der Waals surface area contributed by atoms with E-state index in [0.29, 0.717) is 12.2 Å². The summed E-state index contributed by atoms with van der Waals surface area (Å²) >= 11 is 0. The maximum atomic E-state index is 11.7. The molecule has 0 aromatic heterocycles. The predicted octanol–water partition coefficient (Wildman–Crippen LogP) is 4.82. The van der Waals surface area contributed by atoms with Crippen LogP contribution in [0.5, 0.6) is 5.75 Å². The van der Waals surface area contributed by atoms with E-state index in [0.717, 1.165) is 22.4 Å². The molecule has 0 unspecified atom stereocenters. The molecule has 3 rings (SSSR count). The number of ether oxygens (including phenoxy) is 2. The molecule has 24 heavy (non-hydrogen) atoms. The topological polar surface area (TPSA) is 35.5 Å². The van der Waals surface area contributed by atoms with Gasteiger partial charge in [-0.1, -0.05) is 42.5 Å². The first kappa shape index (κ1) is 16.1. The molecule has 3 nitrogen and oxygen atoms in total. The Hall–Kier alpha value is -2.81. The van der Waals surface area contributed by atoms with Crippen LogP contribution in [0.4, 0.5) is 0 Å². The van der Waals surface area contributed by atoms with Crippen molar-refractivity contribution in [3.8, 4) is 5.75 Å². The van der Waals surface area contributed by atoms with Gasteiger partial charge in [-0.3, -0.25) is 0 Å². The Morgan fingerprint density at radius 1 is 0.958 bits per heavy atom. The first-order valence-corrected chi connectivity index (χ1v) is 7.89. The Bertz CT molecular complexity index is 868. The highest BCUT2D eigenvalue weighted by Gasteiger charge is 2.12. The molecule has 0 radical (unpaired) electrons. The monoisotopic (exact) mass is 320 g/mol. The summed E-state index contributed by atoms with van der Waals surface area (Å²) in [7, 11) is 1.39. The maximum absolute atomic E-state index is 11.7. The van der Waals surface area contributed by atoms with Gasteiger partial charge in [0.15, 0.2) is 0 Å². The number of rotatable bonds is 4. The van der Waals surface area contributed by atoms with Crippen molar-refractivity contribution in [3.63, 3.8) is 0 Å². The molecule has 0 saturated carbocycles. The Labute approximate surface area is 141 Å². The van der Waals surface area contributed by atoms with Crippen molar-refractivity contribution in [2.75, 3.05) is 7.11 Å². The summed E-state index contributed by atoms with van der Waals surface area (Å²) in [6.07, 6.45) is 0. The minimum Gasteiger partial charge on any atom is -0.488 e. The van der Waals surface area contributed by atoms with Crippen LogP contribution in [0.25, 0.3) is 10.8 Å². The van der Waals surface area contributed by atoms with Crippen molar-refractivity contribution in [1.82, 2.24) is 0 Å². The third kappa shape index (κ3) is 3.11. The van der Waals surface area contributed by atoms with E-state index in [9.17, 15) is 4.79 Å². The van der Waals surface area contributed by atoms with E-state index >= 15 is 0 Å². The molecule has 0 aliphatic heterocycles. The van der Waals surface area contributed by atoms with Gasteiger partial charge in [0.2, 0.25) is 0 Å². The molecule has 3 aromatic rings. The smallest absolute Gasteiger partial charge is 0.337 e. The standard InChI is InChI=1S/C21H20O3/c1-14-11-18(21(22)23-3)12-15(2)20(14)24-13-17-9-6-8-16-7-4-5-10-19(16)17/h4-12H,13H2,1-3H3. The number of aryl methyl sites for hydroxylation is 2. The second kappa shape index (κ2) is 6.75. The molecular formula is C21H20O3. The number of carbonyl (C=O) groups is 1. The fourth-order valence-corrected chi connectivity index (χ4v) is 2.98. The van der Waals surface area contributed by atoms with Gasteiger partial charge in [0.05, 0.1) is 12.7 Å². The highest BCUT2D eigenvalue weighted by molar-refractivity contribution is 5.90. The van der Waals surface area contributed by atoms with Gasteiger partial charge in [0.1, 0.15) is 12.4 Å². The van der Waals surface area contributed by atoms with Crippen LogP contribution in [0, 0.1) is 13.8 Å². The molecule has 3 aromatic carbocycles. The number of esters is 1. The molecule has 0 N–H and O–H groups in total. The highest BCUT2D eigenvalue weighted by atomic mass is 16.5.